The first-order chi connectivity index (χ1) is 17.8. The number of ether oxygens (including phenoxy) is 4. The molecule has 0 radical (unpaired) electrons. The van der Waals surface area contributed by atoms with Gasteiger partial charge in [0.05, 0.1) is 31.9 Å². The smallest absolute Gasteiger partial charge is 0.411 e. The molecule has 10 heteroatoms. The molecule has 214 valence electrons. The lowest BCUT2D eigenvalue weighted by atomic mass is 10.1. The van der Waals surface area contributed by atoms with Crippen LogP contribution in [0.3, 0.4) is 0 Å². The summed E-state index contributed by atoms with van der Waals surface area (Å²) in [5.74, 6) is 0.651. The van der Waals surface area contributed by atoms with Crippen LogP contribution in [0, 0.1) is 0 Å². The number of hydrogen-bond donors (Lipinski definition) is 1. The zero-order valence-corrected chi connectivity index (χ0v) is 26.9. The molecule has 0 spiro atoms. The van der Waals surface area contributed by atoms with Crippen LogP contribution in [-0.2, 0) is 18.9 Å². The van der Waals surface area contributed by atoms with E-state index >= 15 is 0 Å². The summed E-state index contributed by atoms with van der Waals surface area (Å²) in [6.07, 6.45) is 2.04. The third-order valence-electron chi connectivity index (χ3n) is 5.88. The summed E-state index contributed by atoms with van der Waals surface area (Å²) in [4.78, 5) is 19.8. The lowest BCUT2D eigenvalue weighted by Crippen LogP contribution is -2.47. The summed E-state index contributed by atoms with van der Waals surface area (Å²) in [6.45, 7) is 16.8. The number of nitrogens with one attached hydrogen (secondary N) is 1. The highest BCUT2D eigenvalue weighted by molar-refractivity contribution is 9.10. The predicted molar refractivity (Wildman–Crippen MR) is 160 cm³/mol. The number of allylic oxidation sites excluding steroid dienone is 1. The lowest BCUT2D eigenvalue weighted by Gasteiger charge is -2.30. The maximum atomic E-state index is 13.3. The van der Waals surface area contributed by atoms with Gasteiger partial charge in [-0.25, -0.2) is 9.79 Å². The molecule has 1 amide bonds. The number of hydrogen-bond acceptors (Lipinski definition) is 6. The van der Waals surface area contributed by atoms with Gasteiger partial charge in [-0.05, 0) is 51.4 Å². The van der Waals surface area contributed by atoms with E-state index in [1.807, 2.05) is 58.0 Å². The number of amidine groups is 1. The second-order valence-electron chi connectivity index (χ2n) is 11.6. The van der Waals surface area contributed by atoms with Gasteiger partial charge in [-0.1, -0.05) is 53.8 Å². The van der Waals surface area contributed by atoms with Gasteiger partial charge in [0.25, 0.3) is 0 Å². The number of benzene rings is 1. The summed E-state index contributed by atoms with van der Waals surface area (Å²) in [6, 6.07) is 8.77. The fraction of sp³-hybridized carbons (Fsp3) is 0.643. The molecule has 0 saturated carbocycles. The molecule has 0 aromatic heterocycles. The number of rotatable bonds is 12. The molecule has 0 unspecified atom stereocenters. The van der Waals surface area contributed by atoms with Gasteiger partial charge in [0, 0.05) is 38.4 Å². The zero-order valence-electron chi connectivity index (χ0n) is 24.3. The van der Waals surface area contributed by atoms with E-state index in [0.29, 0.717) is 38.6 Å². The molecule has 38 heavy (non-hydrogen) atoms. The van der Waals surface area contributed by atoms with Crippen molar-refractivity contribution in [3.63, 3.8) is 0 Å². The van der Waals surface area contributed by atoms with Gasteiger partial charge >= 0.3 is 6.09 Å². The van der Waals surface area contributed by atoms with Crippen LogP contribution in [0.5, 0.6) is 0 Å². The Bertz CT molecular complexity index is 941. The largest absolute Gasteiger partial charge is 0.444 e. The second-order valence-corrected chi connectivity index (χ2v) is 18.1. The maximum absolute atomic E-state index is 13.3. The Morgan fingerprint density at radius 1 is 1.18 bits per heavy atom. The Morgan fingerprint density at radius 2 is 1.87 bits per heavy atom. The molecule has 2 atom stereocenters. The summed E-state index contributed by atoms with van der Waals surface area (Å²) in [5.41, 5.74) is 1.29. The van der Waals surface area contributed by atoms with Crippen LogP contribution >= 0.6 is 15.9 Å². The summed E-state index contributed by atoms with van der Waals surface area (Å²) in [5, 5.41) is 3.52. The van der Waals surface area contributed by atoms with E-state index in [2.05, 4.69) is 40.9 Å². The lowest BCUT2D eigenvalue weighted by molar-refractivity contribution is 0.0100. The molecule has 8 nitrogen and oxygen atoms in total. The third-order valence-corrected chi connectivity index (χ3v) is 8.11. The fourth-order valence-electron chi connectivity index (χ4n) is 3.86. The van der Waals surface area contributed by atoms with Gasteiger partial charge in [0.2, 0.25) is 0 Å². The first-order valence-corrected chi connectivity index (χ1v) is 17.7. The van der Waals surface area contributed by atoms with Crippen LogP contribution in [0.1, 0.15) is 39.7 Å². The molecule has 0 aliphatic carbocycles. The minimum Gasteiger partial charge on any atom is -0.444 e. The number of aliphatic imine (C=N–C) groups is 1. The van der Waals surface area contributed by atoms with E-state index in [-0.39, 0.29) is 25.0 Å². The first-order valence-electron chi connectivity index (χ1n) is 13.2. The average molecular weight is 613 g/mol. The Morgan fingerprint density at radius 3 is 2.45 bits per heavy atom. The zero-order chi connectivity index (χ0) is 28.3. The molecular weight excluding hydrogens is 566 g/mol. The van der Waals surface area contributed by atoms with E-state index in [9.17, 15) is 4.79 Å². The van der Waals surface area contributed by atoms with Gasteiger partial charge < -0.3 is 24.3 Å². The third kappa shape index (κ3) is 11.6. The van der Waals surface area contributed by atoms with Crippen LogP contribution in [0.15, 0.2) is 39.8 Å². The second kappa shape index (κ2) is 15.2. The van der Waals surface area contributed by atoms with Crippen LogP contribution in [0.4, 0.5) is 4.79 Å². The molecule has 1 aromatic rings. The number of methoxy groups -OCH3 is 1. The van der Waals surface area contributed by atoms with Crippen LogP contribution in [-0.4, -0.2) is 82.9 Å². The van der Waals surface area contributed by atoms with Crippen LogP contribution in [0.2, 0.25) is 25.7 Å². The molecule has 1 fully saturated rings. The molecule has 1 saturated heterocycles. The van der Waals surface area contributed by atoms with Crippen molar-refractivity contribution in [1.82, 2.24) is 10.2 Å². The topological polar surface area (TPSA) is 81.6 Å². The standard InChI is InChI=1S/C28H46BrN3O5Si/c1-9-24(21-10-12-22(29)13-11-21)31-26(30-20-35-16-17-38(6,7)8)25-18-23(36-15-14-34-5)19-32(25)27(33)37-28(2,3)4/h9-13,23,25H,14-20H2,1-8H3,(H,30,31)/b24-9-/t23-,25-/m0/s1. The SMILES string of the molecule is C/C=C(\NC(=NCOCC[Si](C)(C)C)[C@@H]1C[C@H](OCCOC)CN1C(=O)OC(C)(C)C)c1ccc(Br)cc1. The van der Waals surface area contributed by atoms with Crippen LogP contribution in [0.25, 0.3) is 5.70 Å². The number of likely N-dealkylation sites (tertiary alicyclic amines) is 1. The van der Waals surface area contributed by atoms with Gasteiger partial charge in [0.1, 0.15) is 18.2 Å². The molecule has 1 N–H and O–H groups in total. The van der Waals surface area contributed by atoms with Crippen molar-refractivity contribution in [3.05, 3.63) is 40.4 Å². The van der Waals surface area contributed by atoms with Gasteiger partial charge in [-0.3, -0.25) is 4.90 Å². The molecular formula is C28H46BrN3O5Si. The molecule has 1 aliphatic rings. The Hall–Kier alpha value is -1.72. The molecule has 1 aromatic carbocycles. The highest BCUT2D eigenvalue weighted by Crippen LogP contribution is 2.26. The van der Waals surface area contributed by atoms with E-state index in [1.165, 1.54) is 0 Å². The number of amides is 1. The summed E-state index contributed by atoms with van der Waals surface area (Å²) in [7, 11) is 0.431. The molecule has 1 aliphatic heterocycles. The molecule has 0 bridgehead atoms. The number of halogens is 1. The van der Waals surface area contributed by atoms with Crippen LogP contribution < -0.4 is 5.32 Å². The van der Waals surface area contributed by atoms with Gasteiger partial charge in [-0.15, -0.1) is 0 Å². The van der Waals surface area contributed by atoms with Crippen molar-refractivity contribution < 1.29 is 23.7 Å². The Balaban J connectivity index is 2.33. The summed E-state index contributed by atoms with van der Waals surface area (Å²) >= 11 is 3.51. The highest BCUT2D eigenvalue weighted by atomic mass is 79.9. The number of carbonyl (C=O) groups is 1. The van der Waals surface area contributed by atoms with Crippen molar-refractivity contribution in [1.29, 1.82) is 0 Å². The quantitative estimate of drug-likeness (QED) is 0.132. The number of carbonyl (C=O) groups excluding carboxylic acids is 1. The molecule has 2 rings (SSSR count). The Kier molecular flexibility index (Phi) is 13.0. The first kappa shape index (κ1) is 32.5. The van der Waals surface area contributed by atoms with Crippen molar-refractivity contribution >= 4 is 41.6 Å². The van der Waals surface area contributed by atoms with E-state index in [1.54, 1.807) is 12.0 Å². The highest BCUT2D eigenvalue weighted by Gasteiger charge is 2.41. The van der Waals surface area contributed by atoms with Crippen molar-refractivity contribution in [3.8, 4) is 0 Å². The van der Waals surface area contributed by atoms with Crippen molar-refractivity contribution in [2.24, 2.45) is 4.99 Å². The fourth-order valence-corrected chi connectivity index (χ4v) is 4.88. The van der Waals surface area contributed by atoms with Gasteiger partial charge in [-0.2, -0.15) is 0 Å². The predicted octanol–water partition coefficient (Wildman–Crippen LogP) is 6.15. The van der Waals surface area contributed by atoms with E-state index < -0.39 is 13.7 Å². The monoisotopic (exact) mass is 611 g/mol. The minimum atomic E-state index is -1.21. The summed E-state index contributed by atoms with van der Waals surface area (Å²) < 4.78 is 23.9. The van der Waals surface area contributed by atoms with E-state index in [4.69, 9.17) is 23.9 Å². The van der Waals surface area contributed by atoms with Crippen molar-refractivity contribution in [2.45, 2.75) is 77.5 Å². The Labute approximate surface area is 238 Å². The molecule has 1 heterocycles. The van der Waals surface area contributed by atoms with E-state index in [0.717, 1.165) is 21.8 Å². The van der Waals surface area contributed by atoms with Crippen molar-refractivity contribution in [2.75, 3.05) is 40.2 Å². The van der Waals surface area contributed by atoms with Gasteiger partial charge in [0.15, 0.2) is 0 Å². The normalized spacial score (nSPS) is 19.1. The minimum absolute atomic E-state index is 0.163. The maximum Gasteiger partial charge on any atom is 0.411 e. The number of nitrogens with zero attached hydrogens (tertiary/aromatic N) is 2. The average Bonchev–Trinajstić information content (AvgIpc) is 3.24.